The topological polar surface area (TPSA) is 97.7 Å². The van der Waals surface area contributed by atoms with Gasteiger partial charge in [0.1, 0.15) is 5.75 Å². The number of carbonyl (C=O) groups excluding carboxylic acids is 1. The summed E-state index contributed by atoms with van der Waals surface area (Å²) in [7, 11) is 1.74. The molecule has 1 aromatic heterocycles. The summed E-state index contributed by atoms with van der Waals surface area (Å²) >= 11 is 0. The van der Waals surface area contributed by atoms with Crippen LogP contribution in [-0.4, -0.2) is 47.0 Å². The monoisotopic (exact) mass is 415 g/mol. The Balaban J connectivity index is 1.67. The molecule has 1 saturated heterocycles. The van der Waals surface area contributed by atoms with Crippen LogP contribution in [0.5, 0.6) is 5.75 Å². The van der Waals surface area contributed by atoms with Crippen molar-refractivity contribution in [1.82, 2.24) is 14.9 Å². The first kappa shape index (κ1) is 22.4. The van der Waals surface area contributed by atoms with E-state index in [4.69, 9.17) is 16.3 Å². The SMILES string of the molecule is Cc1nc(/C(N)=C(\CCC(=O)N2CC(C)(C)C2)N(C)N)ccc1OC1CCCCC1. The standard InChI is InChI=1S/C23H37N5O2/c1-16-20(30-17-8-6-5-7-9-17)12-10-18(26-16)22(24)19(27(4)25)11-13-21(29)28-14-23(2,3)15-28/h10,12,17H,5-9,11,13-15,24-25H2,1-4H3/b22-19-. The van der Waals surface area contributed by atoms with Gasteiger partial charge in [-0.15, -0.1) is 0 Å². The Hall–Kier alpha value is -2.28. The minimum Gasteiger partial charge on any atom is -0.489 e. The van der Waals surface area contributed by atoms with Crippen LogP contribution >= 0.6 is 0 Å². The average Bonchev–Trinajstić information content (AvgIpc) is 2.68. The maximum atomic E-state index is 12.5. The summed E-state index contributed by atoms with van der Waals surface area (Å²) in [6.45, 7) is 7.90. The quantitative estimate of drug-likeness (QED) is 0.524. The molecule has 2 fully saturated rings. The van der Waals surface area contributed by atoms with Gasteiger partial charge in [0.2, 0.25) is 5.91 Å². The third-order valence-corrected chi connectivity index (χ3v) is 6.06. The zero-order chi connectivity index (χ0) is 21.9. The van der Waals surface area contributed by atoms with Crippen molar-refractivity contribution in [2.24, 2.45) is 17.0 Å². The van der Waals surface area contributed by atoms with E-state index in [0.29, 0.717) is 24.2 Å². The zero-order valence-electron chi connectivity index (χ0n) is 18.9. The van der Waals surface area contributed by atoms with Crippen molar-refractivity contribution in [3.63, 3.8) is 0 Å². The summed E-state index contributed by atoms with van der Waals surface area (Å²) in [4.78, 5) is 19.0. The molecule has 0 bridgehead atoms. The van der Waals surface area contributed by atoms with Crippen molar-refractivity contribution in [2.45, 2.75) is 71.8 Å². The molecule has 1 aliphatic heterocycles. The molecule has 7 heteroatoms. The van der Waals surface area contributed by atoms with E-state index in [9.17, 15) is 4.79 Å². The second-order valence-corrected chi connectivity index (χ2v) is 9.54. The van der Waals surface area contributed by atoms with E-state index in [-0.39, 0.29) is 17.4 Å². The van der Waals surface area contributed by atoms with Crippen LogP contribution in [0.15, 0.2) is 17.8 Å². The summed E-state index contributed by atoms with van der Waals surface area (Å²) < 4.78 is 6.16. The molecule has 0 unspecified atom stereocenters. The minimum atomic E-state index is 0.141. The molecule has 30 heavy (non-hydrogen) atoms. The summed E-state index contributed by atoms with van der Waals surface area (Å²) in [6, 6.07) is 3.82. The van der Waals surface area contributed by atoms with Gasteiger partial charge in [0, 0.05) is 26.6 Å². The molecule has 1 aliphatic carbocycles. The predicted octanol–water partition coefficient (Wildman–Crippen LogP) is 3.18. The van der Waals surface area contributed by atoms with E-state index in [0.717, 1.165) is 43.1 Å². The van der Waals surface area contributed by atoms with E-state index in [1.165, 1.54) is 24.3 Å². The van der Waals surface area contributed by atoms with Gasteiger partial charge in [0.25, 0.3) is 0 Å². The second-order valence-electron chi connectivity index (χ2n) is 9.54. The predicted molar refractivity (Wildman–Crippen MR) is 119 cm³/mol. The van der Waals surface area contributed by atoms with Crippen molar-refractivity contribution >= 4 is 11.6 Å². The maximum Gasteiger partial charge on any atom is 0.222 e. The first-order valence-corrected chi connectivity index (χ1v) is 11.1. The highest BCUT2D eigenvalue weighted by atomic mass is 16.5. The van der Waals surface area contributed by atoms with Gasteiger partial charge < -0.3 is 20.4 Å². The lowest BCUT2D eigenvalue weighted by Gasteiger charge is -2.46. The molecule has 2 aliphatic rings. The number of pyridine rings is 1. The van der Waals surface area contributed by atoms with Crippen molar-refractivity contribution in [2.75, 3.05) is 20.1 Å². The van der Waals surface area contributed by atoms with Gasteiger partial charge in [-0.2, -0.15) is 0 Å². The van der Waals surface area contributed by atoms with Crippen LogP contribution in [0.4, 0.5) is 0 Å². The first-order chi connectivity index (χ1) is 14.2. The Labute approximate surface area is 180 Å². The number of hydrazine groups is 1. The number of amides is 1. The molecule has 0 spiro atoms. The Bertz CT molecular complexity index is 789. The fraction of sp³-hybridized carbons (Fsp3) is 0.652. The molecule has 3 rings (SSSR count). The number of aromatic nitrogens is 1. The Morgan fingerprint density at radius 2 is 1.90 bits per heavy atom. The fourth-order valence-corrected chi connectivity index (χ4v) is 4.38. The number of carbonyl (C=O) groups is 1. The molecule has 2 heterocycles. The Morgan fingerprint density at radius 1 is 1.23 bits per heavy atom. The Morgan fingerprint density at radius 3 is 2.47 bits per heavy atom. The molecular weight excluding hydrogens is 378 g/mol. The highest BCUT2D eigenvalue weighted by Crippen LogP contribution is 2.30. The molecule has 1 saturated carbocycles. The largest absolute Gasteiger partial charge is 0.489 e. The smallest absolute Gasteiger partial charge is 0.222 e. The van der Waals surface area contributed by atoms with Crippen molar-refractivity contribution in [1.29, 1.82) is 0 Å². The summed E-state index contributed by atoms with van der Waals surface area (Å²) in [5.74, 6) is 6.99. The van der Waals surface area contributed by atoms with Gasteiger partial charge >= 0.3 is 0 Å². The highest BCUT2D eigenvalue weighted by Gasteiger charge is 2.36. The van der Waals surface area contributed by atoms with Crippen LogP contribution in [0.25, 0.3) is 5.70 Å². The number of likely N-dealkylation sites (tertiary alicyclic amines) is 1. The molecule has 0 aromatic carbocycles. The number of nitrogens with two attached hydrogens (primary N) is 2. The summed E-state index contributed by atoms with van der Waals surface area (Å²) in [5, 5.41) is 1.49. The lowest BCUT2D eigenvalue weighted by molar-refractivity contribution is -0.141. The minimum absolute atomic E-state index is 0.141. The number of rotatable bonds is 7. The third kappa shape index (κ3) is 5.45. The van der Waals surface area contributed by atoms with Gasteiger partial charge in [-0.05, 0) is 56.6 Å². The van der Waals surface area contributed by atoms with Gasteiger partial charge in [-0.25, -0.2) is 10.8 Å². The molecule has 4 N–H and O–H groups in total. The van der Waals surface area contributed by atoms with E-state index in [1.54, 1.807) is 7.05 Å². The zero-order valence-corrected chi connectivity index (χ0v) is 18.9. The molecule has 7 nitrogen and oxygen atoms in total. The number of ether oxygens (including phenoxy) is 1. The van der Waals surface area contributed by atoms with Crippen LogP contribution in [0, 0.1) is 12.3 Å². The van der Waals surface area contributed by atoms with E-state index >= 15 is 0 Å². The van der Waals surface area contributed by atoms with E-state index < -0.39 is 0 Å². The van der Waals surface area contributed by atoms with Crippen LogP contribution in [0.1, 0.15) is 70.2 Å². The van der Waals surface area contributed by atoms with Gasteiger partial charge in [-0.1, -0.05) is 20.3 Å². The lowest BCUT2D eigenvalue weighted by atomic mass is 9.84. The molecule has 1 aromatic rings. The number of nitrogens with zero attached hydrogens (tertiary/aromatic N) is 3. The first-order valence-electron chi connectivity index (χ1n) is 11.1. The lowest BCUT2D eigenvalue weighted by Crippen LogP contribution is -2.55. The Kier molecular flexibility index (Phi) is 6.91. The van der Waals surface area contributed by atoms with Gasteiger partial charge in [0.15, 0.2) is 0 Å². The van der Waals surface area contributed by atoms with Crippen LogP contribution < -0.4 is 16.3 Å². The van der Waals surface area contributed by atoms with Crippen molar-refractivity contribution < 1.29 is 9.53 Å². The van der Waals surface area contributed by atoms with Gasteiger partial charge in [0.05, 0.1) is 28.9 Å². The number of allylic oxidation sites excluding steroid dienone is 1. The second kappa shape index (κ2) is 9.25. The van der Waals surface area contributed by atoms with E-state index in [2.05, 4.69) is 18.8 Å². The average molecular weight is 416 g/mol. The molecule has 0 atom stereocenters. The molecule has 0 radical (unpaired) electrons. The van der Waals surface area contributed by atoms with Crippen molar-refractivity contribution in [3.05, 3.63) is 29.2 Å². The summed E-state index contributed by atoms with van der Waals surface area (Å²) in [6.07, 6.45) is 7.10. The summed E-state index contributed by atoms with van der Waals surface area (Å²) in [5.41, 5.74) is 9.35. The maximum absolute atomic E-state index is 12.5. The van der Waals surface area contributed by atoms with Crippen LogP contribution in [0.3, 0.4) is 0 Å². The number of aryl methyl sites for hydroxylation is 1. The normalized spacial score (nSPS) is 19.7. The van der Waals surface area contributed by atoms with Crippen molar-refractivity contribution in [3.8, 4) is 5.75 Å². The molecule has 1 amide bonds. The highest BCUT2D eigenvalue weighted by molar-refractivity contribution is 5.78. The van der Waals surface area contributed by atoms with Crippen LogP contribution in [-0.2, 0) is 4.79 Å². The molecular formula is C23H37N5O2. The molecule has 166 valence electrons. The number of hydrogen-bond acceptors (Lipinski definition) is 6. The fourth-order valence-electron chi connectivity index (χ4n) is 4.38. The number of hydrogen-bond donors (Lipinski definition) is 2. The van der Waals surface area contributed by atoms with Crippen LogP contribution in [0.2, 0.25) is 0 Å². The van der Waals surface area contributed by atoms with Gasteiger partial charge in [-0.3, -0.25) is 4.79 Å². The third-order valence-electron chi connectivity index (χ3n) is 6.06. The van der Waals surface area contributed by atoms with E-state index in [1.807, 2.05) is 24.0 Å².